The van der Waals surface area contributed by atoms with Crippen LogP contribution in [0.15, 0.2) is 89.8 Å². The molecule has 0 radical (unpaired) electrons. The summed E-state index contributed by atoms with van der Waals surface area (Å²) in [5.74, 6) is -1.79. The predicted octanol–water partition coefficient (Wildman–Crippen LogP) is 7.67. The molecule has 4 rings (SSSR count). The fourth-order valence-corrected chi connectivity index (χ4v) is 6.48. The van der Waals surface area contributed by atoms with E-state index in [4.69, 9.17) is 34.8 Å². The molecule has 0 heterocycles. The number of carbonyl (C=O) groups is 2. The number of hydrogen-bond donors (Lipinski definition) is 3. The number of carboxylic acid groups (broad SMARTS) is 1. The monoisotopic (exact) mass is 728 g/mol. The van der Waals surface area contributed by atoms with Crippen molar-refractivity contribution in [3.05, 3.63) is 115 Å². The zero-order chi connectivity index (χ0) is 29.0. The summed E-state index contributed by atoms with van der Waals surface area (Å²) in [5.41, 5.74) is 2.45. The van der Waals surface area contributed by atoms with Crippen LogP contribution in [0.25, 0.3) is 11.1 Å². The predicted molar refractivity (Wildman–Crippen MR) is 166 cm³/mol. The highest BCUT2D eigenvalue weighted by atomic mass is 127. The van der Waals surface area contributed by atoms with Gasteiger partial charge in [0.05, 0.1) is 38.8 Å². The van der Waals surface area contributed by atoms with Crippen molar-refractivity contribution < 1.29 is 23.1 Å². The van der Waals surface area contributed by atoms with Gasteiger partial charge in [0.2, 0.25) is 0 Å². The topological polar surface area (TPSA) is 113 Å². The standard InChI is InChI=1S/C28H20Cl3IN2O5S/c29-21-13-23(31)26(14-22(21)30)40(38,39)34-24-11-10-19(32)12-20(24)28(37)33-25(15-27(35)36)18-8-6-17(7-9-18)16-4-2-1-3-5-16/h1-14,25,34H,15H2,(H,33,37)(H,35,36). The molecule has 206 valence electrons. The van der Waals surface area contributed by atoms with E-state index in [-0.39, 0.29) is 37.6 Å². The van der Waals surface area contributed by atoms with Gasteiger partial charge in [-0.15, -0.1) is 0 Å². The van der Waals surface area contributed by atoms with E-state index in [1.807, 2.05) is 65.1 Å². The molecule has 0 aliphatic rings. The lowest BCUT2D eigenvalue weighted by Gasteiger charge is -2.20. The van der Waals surface area contributed by atoms with Crippen molar-refractivity contribution in [2.24, 2.45) is 0 Å². The lowest BCUT2D eigenvalue weighted by molar-refractivity contribution is -0.137. The molecule has 0 saturated heterocycles. The molecule has 1 amide bonds. The highest BCUT2D eigenvalue weighted by molar-refractivity contribution is 14.1. The van der Waals surface area contributed by atoms with Gasteiger partial charge in [0.1, 0.15) is 4.90 Å². The fraction of sp³-hybridized carbons (Fsp3) is 0.0714. The molecule has 7 nitrogen and oxygen atoms in total. The Balaban J connectivity index is 1.63. The molecule has 1 unspecified atom stereocenters. The molecule has 12 heteroatoms. The average molecular weight is 730 g/mol. The molecule has 0 aliphatic heterocycles. The summed E-state index contributed by atoms with van der Waals surface area (Å²) < 4.78 is 29.4. The number of benzene rings is 4. The largest absolute Gasteiger partial charge is 0.481 e. The second-order valence-electron chi connectivity index (χ2n) is 8.60. The van der Waals surface area contributed by atoms with Crippen LogP contribution < -0.4 is 10.0 Å². The lowest BCUT2D eigenvalue weighted by atomic mass is 9.98. The number of carboxylic acids is 1. The maximum Gasteiger partial charge on any atom is 0.305 e. The highest BCUT2D eigenvalue weighted by Gasteiger charge is 2.25. The third-order valence-electron chi connectivity index (χ3n) is 5.84. The normalized spacial score (nSPS) is 12.0. The first-order chi connectivity index (χ1) is 18.9. The summed E-state index contributed by atoms with van der Waals surface area (Å²) in [6.07, 6.45) is -0.389. The van der Waals surface area contributed by atoms with Crippen molar-refractivity contribution in [2.45, 2.75) is 17.4 Å². The van der Waals surface area contributed by atoms with Crippen molar-refractivity contribution in [2.75, 3.05) is 4.72 Å². The Hall–Kier alpha value is -2.83. The number of amides is 1. The average Bonchev–Trinajstić information content (AvgIpc) is 2.91. The number of nitrogens with one attached hydrogen (secondary N) is 2. The minimum Gasteiger partial charge on any atom is -0.481 e. The maximum atomic E-state index is 13.5. The lowest BCUT2D eigenvalue weighted by Crippen LogP contribution is -2.31. The van der Waals surface area contributed by atoms with Crippen LogP contribution in [0.1, 0.15) is 28.4 Å². The number of anilines is 1. The third-order valence-corrected chi connectivity index (χ3v) is 9.06. The van der Waals surface area contributed by atoms with E-state index >= 15 is 0 Å². The molecule has 0 bridgehead atoms. The highest BCUT2D eigenvalue weighted by Crippen LogP contribution is 2.33. The van der Waals surface area contributed by atoms with Crippen molar-refractivity contribution in [1.82, 2.24) is 5.32 Å². The van der Waals surface area contributed by atoms with Crippen molar-refractivity contribution in [1.29, 1.82) is 0 Å². The first kappa shape index (κ1) is 30.1. The Kier molecular flexibility index (Phi) is 9.63. The zero-order valence-corrected chi connectivity index (χ0v) is 25.6. The Bertz CT molecular complexity index is 1680. The molecule has 4 aromatic carbocycles. The molecule has 3 N–H and O–H groups in total. The molecule has 1 atom stereocenters. The van der Waals surface area contributed by atoms with E-state index in [1.165, 1.54) is 18.2 Å². The van der Waals surface area contributed by atoms with Crippen LogP contribution in [-0.2, 0) is 14.8 Å². The van der Waals surface area contributed by atoms with Crippen LogP contribution in [-0.4, -0.2) is 25.4 Å². The first-order valence-electron chi connectivity index (χ1n) is 11.6. The van der Waals surface area contributed by atoms with E-state index in [2.05, 4.69) is 10.0 Å². The van der Waals surface area contributed by atoms with Gasteiger partial charge in [-0.25, -0.2) is 8.42 Å². The molecule has 0 spiro atoms. The number of hydrogen-bond acceptors (Lipinski definition) is 4. The summed E-state index contributed by atoms with van der Waals surface area (Å²) in [5, 5.41) is 12.2. The van der Waals surface area contributed by atoms with Gasteiger partial charge in [0.25, 0.3) is 15.9 Å². The molecule has 0 saturated carbocycles. The second kappa shape index (κ2) is 12.8. The van der Waals surface area contributed by atoms with Gasteiger partial charge in [0.15, 0.2) is 0 Å². The summed E-state index contributed by atoms with van der Waals surface area (Å²) >= 11 is 20.0. The minimum atomic E-state index is -4.28. The Morgan fingerprint density at radius 2 is 1.45 bits per heavy atom. The van der Waals surface area contributed by atoms with E-state index in [9.17, 15) is 23.1 Å². The minimum absolute atomic E-state index is 0.0112. The molecule has 0 fully saturated rings. The quantitative estimate of drug-likeness (QED) is 0.121. The number of sulfonamides is 1. The molecular weight excluding hydrogens is 710 g/mol. The van der Waals surface area contributed by atoms with Gasteiger partial charge < -0.3 is 10.4 Å². The Labute approximate surface area is 259 Å². The zero-order valence-electron chi connectivity index (χ0n) is 20.4. The van der Waals surface area contributed by atoms with Crippen LogP contribution in [0.4, 0.5) is 5.69 Å². The maximum absolute atomic E-state index is 13.5. The van der Waals surface area contributed by atoms with Crippen LogP contribution in [0.3, 0.4) is 0 Å². The van der Waals surface area contributed by atoms with E-state index in [0.717, 1.165) is 17.2 Å². The van der Waals surface area contributed by atoms with Crippen molar-refractivity contribution in [3.8, 4) is 11.1 Å². The number of rotatable bonds is 9. The number of halogens is 4. The smallest absolute Gasteiger partial charge is 0.305 e. The van der Waals surface area contributed by atoms with Gasteiger partial charge in [-0.05, 0) is 69.6 Å². The molecule has 4 aromatic rings. The van der Waals surface area contributed by atoms with E-state index in [1.54, 1.807) is 18.2 Å². The Morgan fingerprint density at radius 3 is 2.10 bits per heavy atom. The second-order valence-corrected chi connectivity index (χ2v) is 12.7. The number of aliphatic carboxylic acids is 1. The third kappa shape index (κ3) is 7.27. The SMILES string of the molecule is O=C(O)CC(NC(=O)c1cc(I)ccc1NS(=O)(=O)c1cc(Cl)c(Cl)cc1Cl)c1ccc(-c2ccccc2)cc1. The van der Waals surface area contributed by atoms with Gasteiger partial charge >= 0.3 is 5.97 Å². The molecule has 0 aliphatic carbocycles. The van der Waals surface area contributed by atoms with Crippen LogP contribution in [0, 0.1) is 3.57 Å². The Morgan fingerprint density at radius 1 is 0.825 bits per heavy atom. The first-order valence-corrected chi connectivity index (χ1v) is 15.3. The van der Waals surface area contributed by atoms with Gasteiger partial charge in [-0.3, -0.25) is 14.3 Å². The summed E-state index contributed by atoms with van der Waals surface area (Å²) in [4.78, 5) is 24.8. The van der Waals surface area contributed by atoms with Gasteiger partial charge in [-0.2, -0.15) is 0 Å². The summed E-state index contributed by atoms with van der Waals surface area (Å²) in [6.45, 7) is 0. The van der Waals surface area contributed by atoms with E-state index in [0.29, 0.717) is 9.13 Å². The van der Waals surface area contributed by atoms with Crippen LogP contribution in [0.5, 0.6) is 0 Å². The summed E-state index contributed by atoms with van der Waals surface area (Å²) in [7, 11) is -4.28. The van der Waals surface area contributed by atoms with Crippen molar-refractivity contribution >= 4 is 85.0 Å². The number of carbonyl (C=O) groups excluding carboxylic acids is 1. The van der Waals surface area contributed by atoms with E-state index < -0.39 is 27.9 Å². The van der Waals surface area contributed by atoms with Gasteiger partial charge in [-0.1, -0.05) is 89.4 Å². The van der Waals surface area contributed by atoms with Crippen LogP contribution in [0.2, 0.25) is 15.1 Å². The molecule has 40 heavy (non-hydrogen) atoms. The molecular formula is C28H20Cl3IN2O5S. The summed E-state index contributed by atoms with van der Waals surface area (Å²) in [6, 6.07) is 22.8. The van der Waals surface area contributed by atoms with Crippen LogP contribution >= 0.6 is 57.4 Å². The van der Waals surface area contributed by atoms with Gasteiger partial charge in [0, 0.05) is 3.57 Å². The fourth-order valence-electron chi connectivity index (χ4n) is 3.90. The van der Waals surface area contributed by atoms with Crippen molar-refractivity contribution in [3.63, 3.8) is 0 Å². The molecule has 0 aromatic heterocycles.